The number of hydrogen-bond donors (Lipinski definition) is 13. The minimum absolute atomic E-state index is 0.0171. The van der Waals surface area contributed by atoms with Crippen LogP contribution in [0, 0.1) is 50.2 Å². The van der Waals surface area contributed by atoms with Crippen molar-refractivity contribution in [3.8, 4) is 0 Å². The largest absolute Gasteiger partial charge is 0.479 e. The fourth-order valence-electron chi connectivity index (χ4n) is 16.4. The molecule has 9 rings (SSSR count). The van der Waals surface area contributed by atoms with E-state index in [1.807, 2.05) is 0 Å². The Morgan fingerprint density at radius 2 is 1.14 bits per heavy atom. The summed E-state index contributed by atoms with van der Waals surface area (Å²) in [6.45, 7) is 15.6. The summed E-state index contributed by atoms with van der Waals surface area (Å²) in [5, 5.41) is 139. The number of allylic oxidation sites excluding steroid dienone is 2. The zero-order chi connectivity index (χ0) is 56.4. The van der Waals surface area contributed by atoms with Gasteiger partial charge in [0.1, 0.15) is 85.5 Å². The minimum atomic E-state index is -2.08. The standard InChI is InChI=1S/C54H86O23/c1-22-30(57)33(60)38(65)44(70-22)75-41-35(62)32(59)26(21-56)72-46(41)76-42-37(64)36(63)40(43(67)68)74-47(42)73-29-12-13-51(6)27(50(29,4)5)11-14-53(8)28(51)10-9-23-24-19-49(2,3)15-17-54(24,18-16-52(23,53)7)48(69)77-45-39(66)34(61)31(58)25(20-55)71-45/h9,22,24-42,44-47,55-66H,10-21H2,1-8H3,(H,67,68)/t22-,24-,25+,26+,27-,28+,29-,30-,31+,32+,33+,34-,35-,36-,37-,38+,39+,40-,41+,42+,44-,45-,46-,47+,51-,52+,53+,54-/m0/s1. The molecule has 4 saturated carbocycles. The molecule has 4 heterocycles. The Morgan fingerprint density at radius 3 is 1.78 bits per heavy atom. The average Bonchev–Trinajstić information content (AvgIpc) is 3.53. The maximum atomic E-state index is 14.8. The Balaban J connectivity index is 0.972. The number of ether oxygens (including phenoxy) is 8. The van der Waals surface area contributed by atoms with Gasteiger partial charge in [0.2, 0.25) is 6.29 Å². The highest BCUT2D eigenvalue weighted by Gasteiger charge is 2.70. The molecule has 4 aliphatic heterocycles. The first-order valence-corrected chi connectivity index (χ1v) is 27.7. The van der Waals surface area contributed by atoms with Crippen molar-refractivity contribution < 1.29 is 114 Å². The lowest BCUT2D eigenvalue weighted by atomic mass is 9.33. The molecule has 8 fully saturated rings. The SMILES string of the molecule is C[C@@H]1O[C@@H](O[C@H]2[C@H](O[C@H]3[C@H](O[C@H]4CC[C@]5(C)[C@H]6CC=C7[C@@H]8CC(C)(C)CC[C@]8(C(=O)O[C@@H]8O[C@H](CO)[C@@H](O)[C@H](O)[C@H]8O)CC[C@@]7(C)[C@]6(C)CC[C@H]5C4(C)C)O[C@H](C(=O)O)[C@@H](O)[C@@H]3O)O[C@H](CO)[C@@H](O)[C@@H]2O)[C@H](O)[C@H](O)[C@H]1O. The number of rotatable bonds is 11. The van der Waals surface area contributed by atoms with Gasteiger partial charge in [0.25, 0.3) is 0 Å². The lowest BCUT2D eigenvalue weighted by Crippen LogP contribution is -2.68. The fourth-order valence-corrected chi connectivity index (χ4v) is 16.4. The molecule has 77 heavy (non-hydrogen) atoms. The highest BCUT2D eigenvalue weighted by atomic mass is 16.8. The third kappa shape index (κ3) is 9.66. The Bertz CT molecular complexity index is 2180. The van der Waals surface area contributed by atoms with Crippen molar-refractivity contribution in [1.82, 2.24) is 0 Å². The average molecular weight is 1100 g/mol. The van der Waals surface area contributed by atoms with Crippen LogP contribution in [0.2, 0.25) is 0 Å². The van der Waals surface area contributed by atoms with Gasteiger partial charge >= 0.3 is 11.9 Å². The van der Waals surface area contributed by atoms with Crippen molar-refractivity contribution in [3.05, 3.63) is 11.6 Å². The molecule has 0 radical (unpaired) electrons. The minimum Gasteiger partial charge on any atom is -0.479 e. The lowest BCUT2D eigenvalue weighted by Gasteiger charge is -2.71. The van der Waals surface area contributed by atoms with E-state index in [-0.39, 0.29) is 39.4 Å². The van der Waals surface area contributed by atoms with Gasteiger partial charge in [0.15, 0.2) is 25.0 Å². The van der Waals surface area contributed by atoms with Crippen molar-refractivity contribution in [1.29, 1.82) is 0 Å². The molecule has 4 saturated heterocycles. The summed E-state index contributed by atoms with van der Waals surface area (Å²) < 4.78 is 48.1. The van der Waals surface area contributed by atoms with Crippen molar-refractivity contribution in [2.24, 2.45) is 50.2 Å². The predicted molar refractivity (Wildman–Crippen MR) is 262 cm³/mol. The van der Waals surface area contributed by atoms with E-state index in [0.717, 1.165) is 25.7 Å². The molecule has 23 heteroatoms. The summed E-state index contributed by atoms with van der Waals surface area (Å²) in [6, 6.07) is 0. The molecule has 23 nitrogen and oxygen atoms in total. The second-order valence-electron chi connectivity index (χ2n) is 26.3. The van der Waals surface area contributed by atoms with Gasteiger partial charge in [0.05, 0.1) is 30.8 Å². The number of hydrogen-bond acceptors (Lipinski definition) is 22. The van der Waals surface area contributed by atoms with E-state index < -0.39 is 165 Å². The van der Waals surface area contributed by atoms with Gasteiger partial charge in [-0.25, -0.2) is 4.79 Å². The van der Waals surface area contributed by atoms with Gasteiger partial charge in [-0.05, 0) is 116 Å². The highest BCUT2D eigenvalue weighted by molar-refractivity contribution is 5.79. The van der Waals surface area contributed by atoms with Crippen molar-refractivity contribution in [2.75, 3.05) is 13.2 Å². The quantitative estimate of drug-likeness (QED) is 0.0676. The molecule has 0 bridgehead atoms. The zero-order valence-electron chi connectivity index (χ0n) is 45.3. The van der Waals surface area contributed by atoms with Crippen LogP contribution in [-0.2, 0) is 47.5 Å². The molecule has 0 aromatic heterocycles. The van der Waals surface area contributed by atoms with Gasteiger partial charge in [-0.1, -0.05) is 60.1 Å². The summed E-state index contributed by atoms with van der Waals surface area (Å²) in [7, 11) is 0. The van der Waals surface area contributed by atoms with Crippen LogP contribution < -0.4 is 0 Å². The number of carbonyl (C=O) groups is 2. The van der Waals surface area contributed by atoms with Crippen LogP contribution >= 0.6 is 0 Å². The molecule has 440 valence electrons. The van der Waals surface area contributed by atoms with E-state index in [1.165, 1.54) is 12.5 Å². The molecule has 9 aliphatic rings. The van der Waals surface area contributed by atoms with Gasteiger partial charge in [-0.3, -0.25) is 4.79 Å². The molecular formula is C54H86O23. The maximum Gasteiger partial charge on any atom is 0.335 e. The van der Waals surface area contributed by atoms with Crippen LogP contribution in [0.3, 0.4) is 0 Å². The molecule has 5 aliphatic carbocycles. The lowest BCUT2D eigenvalue weighted by molar-refractivity contribution is -0.395. The molecule has 0 aromatic rings. The Hall–Kier alpha value is -2.08. The first-order valence-electron chi connectivity index (χ1n) is 27.7. The van der Waals surface area contributed by atoms with Gasteiger partial charge in [0, 0.05) is 0 Å². The summed E-state index contributed by atoms with van der Waals surface area (Å²) in [5.74, 6) is -2.16. The van der Waals surface area contributed by atoms with E-state index >= 15 is 0 Å². The zero-order valence-corrected chi connectivity index (χ0v) is 45.3. The number of carbonyl (C=O) groups excluding carboxylic acids is 1. The topological polar surface area (TPSA) is 371 Å². The van der Waals surface area contributed by atoms with Crippen molar-refractivity contribution in [2.45, 2.75) is 249 Å². The molecule has 0 amide bonds. The van der Waals surface area contributed by atoms with Crippen LogP contribution in [0.4, 0.5) is 0 Å². The Labute approximate surface area is 448 Å². The van der Waals surface area contributed by atoms with Crippen molar-refractivity contribution in [3.63, 3.8) is 0 Å². The van der Waals surface area contributed by atoms with Crippen LogP contribution in [0.5, 0.6) is 0 Å². The number of carboxylic acids is 1. The van der Waals surface area contributed by atoms with Crippen LogP contribution in [-0.4, -0.2) is 220 Å². The van der Waals surface area contributed by atoms with E-state index in [1.54, 1.807) is 0 Å². The summed E-state index contributed by atoms with van der Waals surface area (Å²) in [4.78, 5) is 27.3. The van der Waals surface area contributed by atoms with Crippen LogP contribution in [0.15, 0.2) is 11.6 Å². The second kappa shape index (κ2) is 21.3. The monoisotopic (exact) mass is 1100 g/mol. The molecule has 0 spiro atoms. The smallest absolute Gasteiger partial charge is 0.335 e. The number of aliphatic carboxylic acids is 1. The van der Waals surface area contributed by atoms with Gasteiger partial charge in [-0.2, -0.15) is 0 Å². The van der Waals surface area contributed by atoms with Gasteiger partial charge < -0.3 is 104 Å². The number of aliphatic hydroxyl groups excluding tert-OH is 12. The number of fused-ring (bicyclic) bond motifs is 7. The normalized spacial score (nSPS) is 53.4. The third-order valence-electron chi connectivity index (χ3n) is 21.4. The third-order valence-corrected chi connectivity index (χ3v) is 21.4. The van der Waals surface area contributed by atoms with E-state index in [9.17, 15) is 76.0 Å². The van der Waals surface area contributed by atoms with Crippen molar-refractivity contribution >= 4 is 11.9 Å². The summed E-state index contributed by atoms with van der Waals surface area (Å²) >= 11 is 0. The Morgan fingerprint density at radius 1 is 0.584 bits per heavy atom. The molecule has 0 unspecified atom stereocenters. The first kappa shape index (κ1) is 59.5. The second-order valence-corrected chi connectivity index (χ2v) is 26.3. The Kier molecular flexibility index (Phi) is 16.5. The number of carboxylic acid groups (broad SMARTS) is 1. The molecular weight excluding hydrogens is 1020 g/mol. The van der Waals surface area contributed by atoms with Gasteiger partial charge in [-0.15, -0.1) is 0 Å². The van der Waals surface area contributed by atoms with E-state index in [2.05, 4.69) is 54.5 Å². The summed E-state index contributed by atoms with van der Waals surface area (Å²) in [5.41, 5.74) is -1.37. The molecule has 13 N–H and O–H groups in total. The fraction of sp³-hybridized carbons (Fsp3) is 0.926. The summed E-state index contributed by atoms with van der Waals surface area (Å²) in [6.07, 6.45) is -25.9. The van der Waals surface area contributed by atoms with Crippen LogP contribution in [0.1, 0.15) is 120 Å². The van der Waals surface area contributed by atoms with E-state index in [0.29, 0.717) is 38.5 Å². The van der Waals surface area contributed by atoms with E-state index in [4.69, 9.17) is 37.9 Å². The predicted octanol–water partition coefficient (Wildman–Crippen LogP) is -0.915. The highest BCUT2D eigenvalue weighted by Crippen LogP contribution is 2.76. The number of aliphatic hydroxyl groups is 12. The molecule has 28 atom stereocenters. The molecule has 0 aromatic carbocycles. The number of esters is 1. The first-order chi connectivity index (χ1) is 35.9. The maximum absolute atomic E-state index is 14.8. The van der Waals surface area contributed by atoms with Crippen LogP contribution in [0.25, 0.3) is 0 Å².